The zero-order valence-corrected chi connectivity index (χ0v) is 16.9. The lowest BCUT2D eigenvalue weighted by Gasteiger charge is -2.31. The number of hydrogen-bond donors (Lipinski definition) is 1. The van der Waals surface area contributed by atoms with Crippen molar-refractivity contribution in [3.05, 3.63) is 81.6 Å². The maximum Gasteiger partial charge on any atom is 0.261 e. The molecule has 0 bridgehead atoms. The van der Waals surface area contributed by atoms with Crippen molar-refractivity contribution in [1.82, 2.24) is 10.2 Å². The van der Waals surface area contributed by atoms with Crippen molar-refractivity contribution in [1.29, 1.82) is 5.26 Å². The maximum absolute atomic E-state index is 12.7. The molecule has 7 nitrogen and oxygen atoms in total. The Morgan fingerprint density at radius 2 is 1.81 bits per heavy atom. The highest BCUT2D eigenvalue weighted by Gasteiger charge is 2.39. The Kier molecular flexibility index (Phi) is 4.36. The number of allylic oxidation sites excluding steroid dienone is 4. The summed E-state index contributed by atoms with van der Waals surface area (Å²) >= 11 is 0. The standard InChI is InChI=1S/C24H19N3O4/c1-13-17(11-25)21(22-18(26-13)7-4-8-19(22)28)20-10-9-14(31-20)12-27-23(29)15-5-2-3-6-16(15)24(27)30/h2-3,5-6,9-10,21,26H,4,7-8,12H2,1H3. The minimum atomic E-state index is -0.579. The summed E-state index contributed by atoms with van der Waals surface area (Å²) in [4.78, 5) is 39.1. The number of nitrogens with zero attached hydrogens (tertiary/aromatic N) is 2. The van der Waals surface area contributed by atoms with Crippen molar-refractivity contribution in [3.63, 3.8) is 0 Å². The lowest BCUT2D eigenvalue weighted by Crippen LogP contribution is -2.31. The van der Waals surface area contributed by atoms with Gasteiger partial charge in [0, 0.05) is 23.4 Å². The Morgan fingerprint density at radius 3 is 2.48 bits per heavy atom. The summed E-state index contributed by atoms with van der Waals surface area (Å²) in [6.45, 7) is 1.80. The second-order valence-electron chi connectivity index (χ2n) is 7.92. The van der Waals surface area contributed by atoms with Gasteiger partial charge in [0.15, 0.2) is 5.78 Å². The molecule has 0 saturated heterocycles. The molecule has 1 aromatic heterocycles. The fraction of sp³-hybridized carbons (Fsp3) is 0.250. The third-order valence-corrected chi connectivity index (χ3v) is 6.06. The number of carbonyl (C=O) groups is 3. The van der Waals surface area contributed by atoms with E-state index in [0.717, 1.165) is 23.4 Å². The van der Waals surface area contributed by atoms with Gasteiger partial charge in [0.2, 0.25) is 0 Å². The summed E-state index contributed by atoms with van der Waals surface area (Å²) in [5.41, 5.74) is 3.33. The number of furan rings is 1. The van der Waals surface area contributed by atoms with Gasteiger partial charge in [0.05, 0.1) is 35.2 Å². The molecule has 1 aliphatic carbocycles. The van der Waals surface area contributed by atoms with Gasteiger partial charge in [0.1, 0.15) is 11.5 Å². The maximum atomic E-state index is 12.7. The van der Waals surface area contributed by atoms with Crippen molar-refractivity contribution in [2.45, 2.75) is 38.6 Å². The molecule has 0 radical (unpaired) electrons. The average Bonchev–Trinajstić information content (AvgIpc) is 3.32. The number of carbonyl (C=O) groups excluding carboxylic acids is 3. The SMILES string of the molecule is CC1=C(C#N)C(c2ccc(CN3C(=O)c4ccccc4C3=O)o2)C2=C(CCCC2=O)N1. The number of Topliss-reactive ketones (excluding diaryl/α,β-unsaturated/α-hetero) is 1. The Hall–Kier alpha value is -3.92. The number of fused-ring (bicyclic) bond motifs is 1. The Morgan fingerprint density at radius 1 is 1.10 bits per heavy atom. The Balaban J connectivity index is 1.48. The molecular weight excluding hydrogens is 394 g/mol. The van der Waals surface area contributed by atoms with Crippen LogP contribution < -0.4 is 5.32 Å². The third-order valence-electron chi connectivity index (χ3n) is 6.06. The van der Waals surface area contributed by atoms with Crippen molar-refractivity contribution < 1.29 is 18.8 Å². The predicted molar refractivity (Wildman–Crippen MR) is 109 cm³/mol. The number of imide groups is 1. The number of nitrogens with one attached hydrogen (secondary N) is 1. The molecule has 154 valence electrons. The first-order valence-corrected chi connectivity index (χ1v) is 10.2. The largest absolute Gasteiger partial charge is 0.463 e. The van der Waals surface area contributed by atoms with Crippen LogP contribution in [0.1, 0.15) is 64.3 Å². The molecule has 5 rings (SSSR count). The smallest absolute Gasteiger partial charge is 0.261 e. The minimum absolute atomic E-state index is 0.0114. The third kappa shape index (κ3) is 2.91. The van der Waals surface area contributed by atoms with Crippen LogP contribution in [0.15, 0.2) is 63.4 Å². The number of rotatable bonds is 3. The van der Waals surface area contributed by atoms with Crippen molar-refractivity contribution in [2.24, 2.45) is 0 Å². The minimum Gasteiger partial charge on any atom is -0.463 e. The topological polar surface area (TPSA) is 103 Å². The van der Waals surface area contributed by atoms with Crippen LogP contribution in [-0.4, -0.2) is 22.5 Å². The zero-order chi connectivity index (χ0) is 21.7. The van der Waals surface area contributed by atoms with E-state index in [1.807, 2.05) is 6.92 Å². The zero-order valence-electron chi connectivity index (χ0n) is 16.9. The van der Waals surface area contributed by atoms with Crippen LogP contribution in [0.25, 0.3) is 0 Å². The summed E-state index contributed by atoms with van der Waals surface area (Å²) in [5.74, 6) is -0.403. The van der Waals surface area contributed by atoms with Gasteiger partial charge in [-0.05, 0) is 44.0 Å². The van der Waals surface area contributed by atoms with Gasteiger partial charge in [0.25, 0.3) is 11.8 Å². The molecule has 0 spiro atoms. The van der Waals surface area contributed by atoms with Crippen LogP contribution in [0.4, 0.5) is 0 Å². The number of ketones is 1. The van der Waals surface area contributed by atoms with E-state index in [1.165, 1.54) is 0 Å². The summed E-state index contributed by atoms with van der Waals surface area (Å²) < 4.78 is 6.01. The van der Waals surface area contributed by atoms with E-state index in [0.29, 0.717) is 45.9 Å². The molecule has 2 aliphatic heterocycles. The van der Waals surface area contributed by atoms with Crippen LogP contribution in [-0.2, 0) is 11.3 Å². The second-order valence-corrected chi connectivity index (χ2v) is 7.92. The molecule has 7 heteroatoms. The number of benzene rings is 1. The summed E-state index contributed by atoms with van der Waals surface area (Å²) in [6, 6.07) is 12.3. The molecule has 1 atom stereocenters. The van der Waals surface area contributed by atoms with E-state index in [1.54, 1.807) is 36.4 Å². The molecule has 3 aliphatic rings. The first-order chi connectivity index (χ1) is 15.0. The van der Waals surface area contributed by atoms with E-state index in [-0.39, 0.29) is 24.1 Å². The molecule has 1 N–H and O–H groups in total. The highest BCUT2D eigenvalue weighted by atomic mass is 16.3. The van der Waals surface area contributed by atoms with Gasteiger partial charge in [-0.15, -0.1) is 0 Å². The van der Waals surface area contributed by atoms with Crippen molar-refractivity contribution >= 4 is 17.6 Å². The lowest BCUT2D eigenvalue weighted by atomic mass is 9.78. The molecule has 2 aromatic rings. The first-order valence-electron chi connectivity index (χ1n) is 10.2. The van der Waals surface area contributed by atoms with Crippen LogP contribution in [0, 0.1) is 11.3 Å². The number of amides is 2. The number of hydrogen-bond acceptors (Lipinski definition) is 6. The van der Waals surface area contributed by atoms with Gasteiger partial charge >= 0.3 is 0 Å². The Bertz CT molecular complexity index is 1220. The van der Waals surface area contributed by atoms with Crippen LogP contribution in [0.3, 0.4) is 0 Å². The molecule has 0 saturated carbocycles. The molecule has 0 fully saturated rings. The predicted octanol–water partition coefficient (Wildman–Crippen LogP) is 3.57. The fourth-order valence-electron chi connectivity index (χ4n) is 4.59. The Labute approximate surface area is 178 Å². The highest BCUT2D eigenvalue weighted by molar-refractivity contribution is 6.21. The molecule has 1 aromatic carbocycles. The monoisotopic (exact) mass is 413 g/mol. The molecule has 2 amide bonds. The highest BCUT2D eigenvalue weighted by Crippen LogP contribution is 2.42. The number of nitriles is 1. The van der Waals surface area contributed by atoms with Crippen LogP contribution in [0.2, 0.25) is 0 Å². The van der Waals surface area contributed by atoms with Crippen LogP contribution >= 0.6 is 0 Å². The normalized spacial score (nSPS) is 20.6. The lowest BCUT2D eigenvalue weighted by molar-refractivity contribution is -0.116. The van der Waals surface area contributed by atoms with Crippen molar-refractivity contribution in [2.75, 3.05) is 0 Å². The number of dihydropyridines is 1. The second kappa shape index (κ2) is 7.10. The van der Waals surface area contributed by atoms with Gasteiger partial charge in [-0.2, -0.15) is 5.26 Å². The summed E-state index contributed by atoms with van der Waals surface area (Å²) in [5, 5.41) is 13.0. The van der Waals surface area contributed by atoms with E-state index in [2.05, 4.69) is 11.4 Å². The quantitative estimate of drug-likeness (QED) is 0.772. The van der Waals surface area contributed by atoms with Crippen LogP contribution in [0.5, 0.6) is 0 Å². The van der Waals surface area contributed by atoms with E-state index >= 15 is 0 Å². The van der Waals surface area contributed by atoms with Crippen molar-refractivity contribution in [3.8, 4) is 6.07 Å². The molecule has 1 unspecified atom stereocenters. The van der Waals surface area contributed by atoms with E-state index in [4.69, 9.17) is 4.42 Å². The molecule has 31 heavy (non-hydrogen) atoms. The van der Waals surface area contributed by atoms with E-state index in [9.17, 15) is 19.6 Å². The van der Waals surface area contributed by atoms with Gasteiger partial charge in [-0.25, -0.2) is 0 Å². The first kappa shape index (κ1) is 19.1. The summed E-state index contributed by atoms with van der Waals surface area (Å²) in [7, 11) is 0. The molecule has 3 heterocycles. The van der Waals surface area contributed by atoms with Gasteiger partial charge in [-0.1, -0.05) is 12.1 Å². The summed E-state index contributed by atoms with van der Waals surface area (Å²) in [6.07, 6.45) is 1.96. The fourth-order valence-corrected chi connectivity index (χ4v) is 4.59. The van der Waals surface area contributed by atoms with E-state index < -0.39 is 5.92 Å². The average molecular weight is 413 g/mol. The van der Waals surface area contributed by atoms with Gasteiger partial charge in [-0.3, -0.25) is 19.3 Å². The molecular formula is C24H19N3O4. The van der Waals surface area contributed by atoms with Gasteiger partial charge < -0.3 is 9.73 Å².